The maximum absolute atomic E-state index is 6.55. The van der Waals surface area contributed by atoms with Crippen molar-refractivity contribution in [2.75, 3.05) is 0 Å². The van der Waals surface area contributed by atoms with Gasteiger partial charge >= 0.3 is 0 Å². The third kappa shape index (κ3) is 6.14. The second-order valence-electron chi connectivity index (χ2n) is 15.6. The van der Waals surface area contributed by atoms with Crippen LogP contribution in [0.1, 0.15) is 0 Å². The summed E-state index contributed by atoms with van der Waals surface area (Å²) in [6.07, 6.45) is 0. The SMILES string of the molecule is c1ccc(-c2nc(-c3ccccc3)nc(-c3ccc(-n4c5ccc(S(c6ccccc6)(c6ccccc6)c6ccccc6)cc5c5cc6oc7ccccc7c6cc54)cc3)n2)cc1. The van der Waals surface area contributed by atoms with Gasteiger partial charge in [0.05, 0.1) is 11.0 Å². The van der Waals surface area contributed by atoms with Crippen LogP contribution in [0.2, 0.25) is 0 Å². The number of hydrogen-bond acceptors (Lipinski definition) is 4. The van der Waals surface area contributed by atoms with E-state index >= 15 is 0 Å². The van der Waals surface area contributed by atoms with Crippen molar-refractivity contribution in [2.24, 2.45) is 0 Å². The highest BCUT2D eigenvalue weighted by Gasteiger charge is 2.34. The lowest BCUT2D eigenvalue weighted by Crippen LogP contribution is -2.05. The first-order valence-electron chi connectivity index (χ1n) is 21.1. The molecule has 0 unspecified atom stereocenters. The molecule has 12 rings (SSSR count). The van der Waals surface area contributed by atoms with Crippen LogP contribution in [-0.4, -0.2) is 19.5 Å². The fourth-order valence-corrected chi connectivity index (χ4v) is 13.0. The number of aromatic nitrogens is 4. The molecule has 5 nitrogen and oxygen atoms in total. The molecule has 12 aromatic rings. The quantitative estimate of drug-likeness (QED) is 0.153. The number of fused-ring (bicyclic) bond motifs is 6. The second kappa shape index (κ2) is 15.1. The summed E-state index contributed by atoms with van der Waals surface area (Å²) >= 11 is 0. The minimum absolute atomic E-state index is 0.620. The van der Waals surface area contributed by atoms with E-state index in [2.05, 4.69) is 162 Å². The molecule has 3 aromatic heterocycles. The van der Waals surface area contributed by atoms with E-state index in [1.807, 2.05) is 72.8 Å². The van der Waals surface area contributed by atoms with Crippen LogP contribution in [0.5, 0.6) is 0 Å². The molecule has 0 aliphatic carbocycles. The highest BCUT2D eigenvalue weighted by molar-refractivity contribution is 8.34. The third-order valence-corrected chi connectivity index (χ3v) is 15.9. The molecule has 63 heavy (non-hydrogen) atoms. The van der Waals surface area contributed by atoms with Crippen LogP contribution in [0.15, 0.2) is 255 Å². The first kappa shape index (κ1) is 36.8. The molecule has 0 atom stereocenters. The Morgan fingerprint density at radius 3 is 1.32 bits per heavy atom. The van der Waals surface area contributed by atoms with Crippen molar-refractivity contribution >= 4 is 53.8 Å². The summed E-state index contributed by atoms with van der Waals surface area (Å²) in [7, 11) is -1.93. The Kier molecular flexibility index (Phi) is 8.83. The minimum atomic E-state index is -1.93. The van der Waals surface area contributed by atoms with Crippen molar-refractivity contribution in [3.8, 4) is 39.9 Å². The Balaban J connectivity index is 1.09. The summed E-state index contributed by atoms with van der Waals surface area (Å²) < 4.78 is 8.95. The van der Waals surface area contributed by atoms with Gasteiger partial charge in [-0.3, -0.25) is 0 Å². The highest BCUT2D eigenvalue weighted by atomic mass is 32.3. The van der Waals surface area contributed by atoms with Gasteiger partial charge in [-0.2, -0.15) is 0 Å². The highest BCUT2D eigenvalue weighted by Crippen LogP contribution is 2.73. The fourth-order valence-electron chi connectivity index (χ4n) is 9.07. The van der Waals surface area contributed by atoms with Gasteiger partial charge in [0.25, 0.3) is 0 Å². The molecule has 0 spiro atoms. The summed E-state index contributed by atoms with van der Waals surface area (Å²) in [6.45, 7) is 0. The van der Waals surface area contributed by atoms with Gasteiger partial charge in [-0.1, -0.05) is 133 Å². The van der Waals surface area contributed by atoms with Crippen LogP contribution < -0.4 is 0 Å². The van der Waals surface area contributed by atoms with Gasteiger partial charge in [0, 0.05) is 63.5 Å². The van der Waals surface area contributed by atoms with E-state index in [4.69, 9.17) is 19.4 Å². The Morgan fingerprint density at radius 1 is 0.317 bits per heavy atom. The molecule has 9 aromatic carbocycles. The zero-order valence-electron chi connectivity index (χ0n) is 34.0. The summed E-state index contributed by atoms with van der Waals surface area (Å²) in [4.78, 5) is 20.1. The molecule has 298 valence electrons. The van der Waals surface area contributed by atoms with Crippen LogP contribution in [0.4, 0.5) is 0 Å². The molecule has 0 radical (unpaired) electrons. The largest absolute Gasteiger partial charge is 0.456 e. The van der Waals surface area contributed by atoms with Crippen LogP contribution in [0.3, 0.4) is 0 Å². The maximum atomic E-state index is 6.55. The molecule has 0 N–H and O–H groups in total. The standard InChI is InChI=1S/C57H38N4OS/c1-6-18-39(19-7-1)55-58-56(40-20-8-2-9-21-40)60-57(59-55)41-30-32-42(33-31-41)61-51-35-34-46(36-48(51)49-38-54-50(37-52(49)61)47-28-16-17-29-53(47)62-54)63(43-22-10-3-11-23-43,44-24-12-4-13-25-44)45-26-14-5-15-27-45/h1-38H. The predicted octanol–water partition coefficient (Wildman–Crippen LogP) is 15.2. The molecule has 0 saturated carbocycles. The monoisotopic (exact) mass is 826 g/mol. The number of furan rings is 1. The lowest BCUT2D eigenvalue weighted by Gasteiger charge is -2.42. The van der Waals surface area contributed by atoms with Crippen LogP contribution >= 0.6 is 10.0 Å². The van der Waals surface area contributed by atoms with E-state index in [9.17, 15) is 0 Å². The van der Waals surface area contributed by atoms with E-state index in [0.29, 0.717) is 17.5 Å². The van der Waals surface area contributed by atoms with Crippen molar-refractivity contribution in [3.63, 3.8) is 0 Å². The number of para-hydroxylation sites is 1. The topological polar surface area (TPSA) is 56.7 Å². The number of benzene rings is 9. The molecular weight excluding hydrogens is 789 g/mol. The van der Waals surface area contributed by atoms with Gasteiger partial charge in [0.2, 0.25) is 0 Å². The molecule has 0 amide bonds. The number of rotatable bonds is 8. The van der Waals surface area contributed by atoms with Gasteiger partial charge in [-0.05, 0) is 97.1 Å². The summed E-state index contributed by atoms with van der Waals surface area (Å²) in [6, 6.07) is 81.9. The Hall–Kier alpha value is -8.06. The summed E-state index contributed by atoms with van der Waals surface area (Å²) in [5.41, 5.74) is 7.78. The summed E-state index contributed by atoms with van der Waals surface area (Å²) in [5.74, 6) is 1.89. The van der Waals surface area contributed by atoms with E-state index in [1.54, 1.807) is 0 Å². The van der Waals surface area contributed by atoms with Gasteiger partial charge in [-0.15, -0.1) is 10.0 Å². The first-order chi connectivity index (χ1) is 31.2. The fraction of sp³-hybridized carbons (Fsp3) is 0. The molecule has 3 heterocycles. The van der Waals surface area contributed by atoms with Crippen LogP contribution in [0, 0.1) is 0 Å². The Morgan fingerprint density at radius 2 is 0.778 bits per heavy atom. The Labute approximate surface area is 365 Å². The van der Waals surface area contributed by atoms with Crippen LogP contribution in [-0.2, 0) is 0 Å². The van der Waals surface area contributed by atoms with Gasteiger partial charge < -0.3 is 8.98 Å². The third-order valence-electron chi connectivity index (χ3n) is 12.0. The van der Waals surface area contributed by atoms with Crippen LogP contribution in [0.25, 0.3) is 83.6 Å². The van der Waals surface area contributed by atoms with Crippen molar-refractivity contribution < 1.29 is 4.42 Å². The molecule has 0 saturated heterocycles. The molecule has 0 aliphatic rings. The molecule has 0 bridgehead atoms. The van der Waals surface area contributed by atoms with E-state index in [-0.39, 0.29) is 0 Å². The minimum Gasteiger partial charge on any atom is -0.456 e. The average molecular weight is 827 g/mol. The molecule has 0 fully saturated rings. The van der Waals surface area contributed by atoms with Gasteiger partial charge in [0.15, 0.2) is 17.5 Å². The van der Waals surface area contributed by atoms with Crippen molar-refractivity contribution in [2.45, 2.75) is 19.6 Å². The first-order valence-corrected chi connectivity index (χ1v) is 22.7. The maximum Gasteiger partial charge on any atom is 0.164 e. The van der Waals surface area contributed by atoms with E-state index in [0.717, 1.165) is 66.1 Å². The van der Waals surface area contributed by atoms with Crippen molar-refractivity contribution in [1.82, 2.24) is 19.5 Å². The molecule has 6 heteroatoms. The lowest BCUT2D eigenvalue weighted by molar-refractivity contribution is 0.669. The van der Waals surface area contributed by atoms with Gasteiger partial charge in [0.1, 0.15) is 11.2 Å². The Bertz CT molecular complexity index is 3440. The molecule has 0 aliphatic heterocycles. The van der Waals surface area contributed by atoms with Crippen molar-refractivity contribution in [3.05, 3.63) is 231 Å². The van der Waals surface area contributed by atoms with Crippen molar-refractivity contribution in [1.29, 1.82) is 0 Å². The smallest absolute Gasteiger partial charge is 0.164 e. The van der Waals surface area contributed by atoms with E-state index in [1.165, 1.54) is 19.6 Å². The van der Waals surface area contributed by atoms with Gasteiger partial charge in [-0.25, -0.2) is 15.0 Å². The molecular formula is C57H38N4OS. The zero-order valence-corrected chi connectivity index (χ0v) is 34.9. The second-order valence-corrected chi connectivity index (χ2v) is 18.7. The predicted molar refractivity (Wildman–Crippen MR) is 258 cm³/mol. The number of nitrogens with zero attached hydrogens (tertiary/aromatic N) is 4. The van der Waals surface area contributed by atoms with E-state index < -0.39 is 10.0 Å². The average Bonchev–Trinajstić information content (AvgIpc) is 3.89. The zero-order chi connectivity index (χ0) is 41.7. The lowest BCUT2D eigenvalue weighted by atomic mass is 10.1. The normalized spacial score (nSPS) is 12.1. The number of hydrogen-bond donors (Lipinski definition) is 0. The summed E-state index contributed by atoms with van der Waals surface area (Å²) in [5, 5.41) is 4.47.